The Morgan fingerprint density at radius 1 is 1.12 bits per heavy atom. The van der Waals surface area contributed by atoms with E-state index in [9.17, 15) is 0 Å². The van der Waals surface area contributed by atoms with E-state index < -0.39 is 0 Å². The van der Waals surface area contributed by atoms with E-state index in [1.54, 1.807) is 0 Å². The first-order valence-corrected chi connectivity index (χ1v) is 7.10. The third kappa shape index (κ3) is 2.55. The highest BCUT2D eigenvalue weighted by molar-refractivity contribution is 9.10. The lowest BCUT2D eigenvalue weighted by molar-refractivity contribution is 0.219. The summed E-state index contributed by atoms with van der Waals surface area (Å²) in [6.45, 7) is 3.56. The van der Waals surface area contributed by atoms with E-state index in [4.69, 9.17) is 0 Å². The molecule has 0 aliphatic carbocycles. The summed E-state index contributed by atoms with van der Waals surface area (Å²) in [6, 6.07) is 8.68. The Bertz CT molecular complexity index is 512. The van der Waals surface area contributed by atoms with Crippen LogP contribution in [0.3, 0.4) is 0 Å². The van der Waals surface area contributed by atoms with Gasteiger partial charge in [0.25, 0.3) is 0 Å². The Labute approximate surface area is 110 Å². The number of aromatic amines is 1. The molecule has 2 nitrogen and oxygen atoms in total. The molecule has 1 aromatic carbocycles. The molecule has 0 radical (unpaired) electrons. The summed E-state index contributed by atoms with van der Waals surface area (Å²) in [6.07, 6.45) is 4.10. The van der Waals surface area contributed by atoms with Gasteiger partial charge in [0.2, 0.25) is 0 Å². The molecule has 1 fully saturated rings. The molecule has 1 aliphatic heterocycles. The van der Waals surface area contributed by atoms with Gasteiger partial charge in [0.1, 0.15) is 0 Å². The van der Waals surface area contributed by atoms with Gasteiger partial charge in [-0.15, -0.1) is 0 Å². The molecule has 2 heterocycles. The summed E-state index contributed by atoms with van der Waals surface area (Å²) in [5, 5.41) is 1.31. The van der Waals surface area contributed by atoms with Gasteiger partial charge in [0.15, 0.2) is 0 Å². The zero-order chi connectivity index (χ0) is 11.7. The van der Waals surface area contributed by atoms with Gasteiger partial charge in [-0.2, -0.15) is 0 Å². The molecular weight excluding hydrogens is 276 g/mol. The lowest BCUT2D eigenvalue weighted by atomic mass is 10.1. The van der Waals surface area contributed by atoms with Crippen LogP contribution in [-0.2, 0) is 6.54 Å². The minimum Gasteiger partial charge on any atom is -0.357 e. The van der Waals surface area contributed by atoms with Crippen molar-refractivity contribution in [1.29, 1.82) is 0 Å². The minimum absolute atomic E-state index is 1.06. The summed E-state index contributed by atoms with van der Waals surface area (Å²) in [7, 11) is 0. The first-order chi connectivity index (χ1) is 8.31. The van der Waals surface area contributed by atoms with Gasteiger partial charge >= 0.3 is 0 Å². The van der Waals surface area contributed by atoms with E-state index in [1.807, 2.05) is 0 Å². The number of hydrogen-bond acceptors (Lipinski definition) is 1. The van der Waals surface area contributed by atoms with E-state index in [2.05, 4.69) is 50.1 Å². The standard InChI is InChI=1S/C14H17BrN2/c15-12-5-4-11-8-13(16-14(11)9-12)10-17-6-2-1-3-7-17/h4-5,8-9,16H,1-3,6-7,10H2. The fourth-order valence-electron chi connectivity index (χ4n) is 2.60. The molecular formula is C14H17BrN2. The van der Waals surface area contributed by atoms with Crippen molar-refractivity contribution in [2.45, 2.75) is 25.8 Å². The van der Waals surface area contributed by atoms with Crippen molar-refractivity contribution in [3.05, 3.63) is 34.4 Å². The van der Waals surface area contributed by atoms with Crippen LogP contribution in [0.25, 0.3) is 10.9 Å². The number of likely N-dealkylation sites (tertiary alicyclic amines) is 1. The number of H-pyrrole nitrogens is 1. The number of fused-ring (bicyclic) bond motifs is 1. The molecule has 17 heavy (non-hydrogen) atoms. The quantitative estimate of drug-likeness (QED) is 0.889. The number of nitrogens with one attached hydrogen (secondary N) is 1. The van der Waals surface area contributed by atoms with Crippen LogP contribution in [0, 0.1) is 0 Å². The largest absolute Gasteiger partial charge is 0.357 e. The summed E-state index contributed by atoms with van der Waals surface area (Å²) in [4.78, 5) is 6.06. The molecule has 0 spiro atoms. The number of halogens is 1. The van der Waals surface area contributed by atoms with Crippen LogP contribution in [-0.4, -0.2) is 23.0 Å². The molecule has 0 bridgehead atoms. The smallest absolute Gasteiger partial charge is 0.0467 e. The monoisotopic (exact) mass is 292 g/mol. The Balaban J connectivity index is 1.80. The molecule has 0 atom stereocenters. The van der Waals surface area contributed by atoms with E-state index >= 15 is 0 Å². The second-order valence-corrected chi connectivity index (χ2v) is 5.78. The summed E-state index contributed by atoms with van der Waals surface area (Å²) in [5.41, 5.74) is 2.56. The highest BCUT2D eigenvalue weighted by Crippen LogP contribution is 2.21. The van der Waals surface area contributed by atoms with Crippen molar-refractivity contribution >= 4 is 26.8 Å². The average molecular weight is 293 g/mol. The lowest BCUT2D eigenvalue weighted by Gasteiger charge is -2.25. The summed E-state index contributed by atoms with van der Waals surface area (Å²) < 4.78 is 1.14. The normalized spacial score (nSPS) is 17.7. The highest BCUT2D eigenvalue weighted by Gasteiger charge is 2.11. The third-order valence-corrected chi connectivity index (χ3v) is 3.98. The van der Waals surface area contributed by atoms with Crippen molar-refractivity contribution < 1.29 is 0 Å². The Hall–Kier alpha value is -0.800. The topological polar surface area (TPSA) is 19.0 Å². The molecule has 1 aliphatic rings. The number of hydrogen-bond donors (Lipinski definition) is 1. The van der Waals surface area contributed by atoms with Gasteiger partial charge in [-0.3, -0.25) is 4.90 Å². The third-order valence-electron chi connectivity index (χ3n) is 3.48. The minimum atomic E-state index is 1.06. The molecule has 1 saturated heterocycles. The fourth-order valence-corrected chi connectivity index (χ4v) is 2.96. The SMILES string of the molecule is Brc1ccc2cc(CN3CCCCC3)[nH]c2c1. The van der Waals surface area contributed by atoms with Crippen LogP contribution in [0.15, 0.2) is 28.7 Å². The van der Waals surface area contributed by atoms with Crippen LogP contribution >= 0.6 is 15.9 Å². The van der Waals surface area contributed by atoms with Crippen molar-refractivity contribution in [3.8, 4) is 0 Å². The van der Waals surface area contributed by atoms with Crippen LogP contribution in [0.5, 0.6) is 0 Å². The highest BCUT2D eigenvalue weighted by atomic mass is 79.9. The molecule has 1 aromatic heterocycles. The second kappa shape index (κ2) is 4.83. The number of piperidine rings is 1. The molecule has 90 valence electrons. The number of nitrogens with zero attached hydrogens (tertiary/aromatic N) is 1. The van der Waals surface area contributed by atoms with Gasteiger partial charge in [-0.25, -0.2) is 0 Å². The predicted octanol–water partition coefficient (Wildman–Crippen LogP) is 3.92. The maximum atomic E-state index is 3.51. The molecule has 3 heteroatoms. The number of benzene rings is 1. The van der Waals surface area contributed by atoms with Crippen LogP contribution in [0.2, 0.25) is 0 Å². The van der Waals surface area contributed by atoms with Crippen molar-refractivity contribution in [1.82, 2.24) is 9.88 Å². The van der Waals surface area contributed by atoms with Crippen molar-refractivity contribution in [2.75, 3.05) is 13.1 Å². The first kappa shape index (κ1) is 11.3. The zero-order valence-electron chi connectivity index (χ0n) is 9.88. The van der Waals surface area contributed by atoms with Crippen LogP contribution in [0.4, 0.5) is 0 Å². The molecule has 0 unspecified atom stereocenters. The lowest BCUT2D eigenvalue weighted by Crippen LogP contribution is -2.29. The van der Waals surface area contributed by atoms with Crippen LogP contribution < -0.4 is 0 Å². The van der Waals surface area contributed by atoms with Crippen molar-refractivity contribution in [3.63, 3.8) is 0 Å². The maximum absolute atomic E-state index is 3.51. The molecule has 0 saturated carbocycles. The first-order valence-electron chi connectivity index (χ1n) is 6.31. The van der Waals surface area contributed by atoms with E-state index in [0.717, 1.165) is 11.0 Å². The number of aromatic nitrogens is 1. The maximum Gasteiger partial charge on any atom is 0.0467 e. The zero-order valence-corrected chi connectivity index (χ0v) is 11.5. The van der Waals surface area contributed by atoms with E-state index in [-0.39, 0.29) is 0 Å². The average Bonchev–Trinajstić information content (AvgIpc) is 2.71. The van der Waals surface area contributed by atoms with E-state index in [1.165, 1.54) is 48.9 Å². The van der Waals surface area contributed by atoms with Crippen LogP contribution in [0.1, 0.15) is 25.0 Å². The Morgan fingerprint density at radius 2 is 1.94 bits per heavy atom. The second-order valence-electron chi connectivity index (χ2n) is 4.86. The predicted molar refractivity (Wildman–Crippen MR) is 75.1 cm³/mol. The molecule has 0 amide bonds. The van der Waals surface area contributed by atoms with Gasteiger partial charge in [-0.05, 0) is 49.5 Å². The van der Waals surface area contributed by atoms with Gasteiger partial charge in [-0.1, -0.05) is 28.4 Å². The van der Waals surface area contributed by atoms with Gasteiger partial charge in [0, 0.05) is 22.2 Å². The Kier molecular flexibility index (Phi) is 3.21. The molecule has 1 N–H and O–H groups in total. The fraction of sp³-hybridized carbons (Fsp3) is 0.429. The number of rotatable bonds is 2. The Morgan fingerprint density at radius 3 is 2.76 bits per heavy atom. The summed E-state index contributed by atoms with van der Waals surface area (Å²) in [5.74, 6) is 0. The van der Waals surface area contributed by atoms with Gasteiger partial charge < -0.3 is 4.98 Å². The van der Waals surface area contributed by atoms with Crippen molar-refractivity contribution in [2.24, 2.45) is 0 Å². The van der Waals surface area contributed by atoms with Gasteiger partial charge in [0.05, 0.1) is 0 Å². The summed E-state index contributed by atoms with van der Waals surface area (Å²) >= 11 is 3.51. The molecule has 3 rings (SSSR count). The molecule has 2 aromatic rings. The van der Waals surface area contributed by atoms with E-state index in [0.29, 0.717) is 0 Å².